The predicted octanol–water partition coefficient (Wildman–Crippen LogP) is 2.00. The Morgan fingerprint density at radius 1 is 1.12 bits per heavy atom. The Morgan fingerprint density at radius 2 is 1.59 bits per heavy atom. The molecule has 0 aromatic heterocycles. The van der Waals surface area contributed by atoms with Crippen LogP contribution < -0.4 is 10.1 Å². The average Bonchev–Trinajstić information content (AvgIpc) is 2.28. The van der Waals surface area contributed by atoms with Gasteiger partial charge in [0.25, 0.3) is 5.91 Å². The lowest BCUT2D eigenvalue weighted by atomic mass is 10.1. The zero-order chi connectivity index (χ0) is 13.2. The number of nitrogens with one attached hydrogen (secondary N) is 1. The van der Waals surface area contributed by atoms with Crippen molar-refractivity contribution < 1.29 is 27.1 Å². The predicted molar refractivity (Wildman–Crippen MR) is 50.8 cm³/mol. The van der Waals surface area contributed by atoms with Crippen molar-refractivity contribution in [2.45, 2.75) is 6.92 Å². The largest absolute Gasteiger partial charge is 0.491 e. The number of ether oxygens (including phenoxy) is 1. The molecule has 0 fully saturated rings. The molecule has 7 heteroatoms. The van der Waals surface area contributed by atoms with Crippen molar-refractivity contribution >= 4 is 5.91 Å². The number of carbonyl (C=O) groups excluding carboxylic acids is 1. The fraction of sp³-hybridized carbons (Fsp3) is 0.300. The molecule has 17 heavy (non-hydrogen) atoms. The Kier molecular flexibility index (Phi) is 3.93. The molecule has 1 aromatic rings. The Bertz CT molecular complexity index is 433. The number of hydrogen-bond donors (Lipinski definition) is 1. The van der Waals surface area contributed by atoms with Crippen LogP contribution in [0.15, 0.2) is 0 Å². The van der Waals surface area contributed by atoms with Crippen LogP contribution in [0, 0.1) is 23.3 Å². The fourth-order valence-electron chi connectivity index (χ4n) is 1.24. The van der Waals surface area contributed by atoms with Gasteiger partial charge in [-0.05, 0) is 6.92 Å². The lowest BCUT2D eigenvalue weighted by molar-refractivity contribution is 0.0944. The van der Waals surface area contributed by atoms with Crippen LogP contribution in [0.3, 0.4) is 0 Å². The van der Waals surface area contributed by atoms with Crippen LogP contribution in [0.4, 0.5) is 17.6 Å². The van der Waals surface area contributed by atoms with Gasteiger partial charge in [0, 0.05) is 6.54 Å². The van der Waals surface area contributed by atoms with Gasteiger partial charge in [0.15, 0.2) is 17.4 Å². The minimum Gasteiger partial charge on any atom is -0.491 e. The second kappa shape index (κ2) is 5.03. The topological polar surface area (TPSA) is 38.3 Å². The van der Waals surface area contributed by atoms with Crippen LogP contribution in [0.5, 0.6) is 5.75 Å². The number of hydrogen-bond acceptors (Lipinski definition) is 2. The molecular weight excluding hydrogens is 242 g/mol. The summed E-state index contributed by atoms with van der Waals surface area (Å²) < 4.78 is 57.3. The van der Waals surface area contributed by atoms with Gasteiger partial charge in [0.2, 0.25) is 11.6 Å². The summed E-state index contributed by atoms with van der Waals surface area (Å²) in [7, 11) is 0.853. The highest BCUT2D eigenvalue weighted by molar-refractivity contribution is 5.95. The molecule has 0 heterocycles. The SMILES string of the molecule is CCNC(=O)c1c(F)c(F)c(OC)c(F)c1F. The van der Waals surface area contributed by atoms with E-state index in [0.717, 1.165) is 7.11 Å². The first kappa shape index (κ1) is 13.3. The van der Waals surface area contributed by atoms with Crippen LogP contribution in [-0.2, 0) is 0 Å². The van der Waals surface area contributed by atoms with Crippen molar-refractivity contribution in [3.8, 4) is 5.75 Å². The van der Waals surface area contributed by atoms with Crippen LogP contribution in [0.1, 0.15) is 17.3 Å². The summed E-state index contributed by atoms with van der Waals surface area (Å²) in [5, 5.41) is 2.04. The summed E-state index contributed by atoms with van der Waals surface area (Å²) in [6.07, 6.45) is 0. The van der Waals surface area contributed by atoms with E-state index in [2.05, 4.69) is 4.74 Å². The summed E-state index contributed by atoms with van der Waals surface area (Å²) in [6, 6.07) is 0. The van der Waals surface area contributed by atoms with Gasteiger partial charge in [-0.1, -0.05) is 0 Å². The zero-order valence-corrected chi connectivity index (χ0v) is 9.04. The van der Waals surface area contributed by atoms with E-state index in [4.69, 9.17) is 0 Å². The third kappa shape index (κ3) is 2.17. The Labute approximate surface area is 94.4 Å². The first-order chi connectivity index (χ1) is 7.95. The molecule has 0 saturated carbocycles. The van der Waals surface area contributed by atoms with E-state index in [9.17, 15) is 22.4 Å². The van der Waals surface area contributed by atoms with Gasteiger partial charge in [0.05, 0.1) is 7.11 Å². The normalized spacial score (nSPS) is 10.2. The average molecular weight is 251 g/mol. The van der Waals surface area contributed by atoms with Crippen LogP contribution in [0.2, 0.25) is 0 Å². The highest BCUT2D eigenvalue weighted by Crippen LogP contribution is 2.29. The quantitative estimate of drug-likeness (QED) is 0.659. The fourth-order valence-corrected chi connectivity index (χ4v) is 1.24. The molecule has 0 aliphatic heterocycles. The van der Waals surface area contributed by atoms with Crippen LogP contribution >= 0.6 is 0 Å². The number of halogens is 4. The molecule has 1 rings (SSSR count). The molecule has 3 nitrogen and oxygen atoms in total. The van der Waals surface area contributed by atoms with Gasteiger partial charge in [-0.3, -0.25) is 4.79 Å². The van der Waals surface area contributed by atoms with E-state index in [1.165, 1.54) is 6.92 Å². The van der Waals surface area contributed by atoms with Crippen molar-refractivity contribution in [2.75, 3.05) is 13.7 Å². The van der Waals surface area contributed by atoms with Crippen molar-refractivity contribution in [1.82, 2.24) is 5.32 Å². The van der Waals surface area contributed by atoms with E-state index in [-0.39, 0.29) is 6.54 Å². The maximum atomic E-state index is 13.3. The van der Waals surface area contributed by atoms with Gasteiger partial charge in [-0.15, -0.1) is 0 Å². The minimum atomic E-state index is -1.79. The highest BCUT2D eigenvalue weighted by atomic mass is 19.2. The number of benzene rings is 1. The van der Waals surface area contributed by atoms with E-state index < -0.39 is 40.5 Å². The molecule has 0 aliphatic rings. The smallest absolute Gasteiger partial charge is 0.257 e. The number of amides is 1. The van der Waals surface area contributed by atoms with E-state index in [0.29, 0.717) is 0 Å². The molecule has 0 aliphatic carbocycles. The monoisotopic (exact) mass is 251 g/mol. The number of methoxy groups -OCH3 is 1. The molecule has 0 bridgehead atoms. The second-order valence-electron chi connectivity index (χ2n) is 3.02. The van der Waals surface area contributed by atoms with Gasteiger partial charge >= 0.3 is 0 Å². The third-order valence-corrected chi connectivity index (χ3v) is 1.99. The Balaban J connectivity index is 3.48. The molecule has 94 valence electrons. The van der Waals surface area contributed by atoms with Crippen molar-refractivity contribution in [3.05, 3.63) is 28.8 Å². The van der Waals surface area contributed by atoms with Crippen molar-refractivity contribution in [3.63, 3.8) is 0 Å². The third-order valence-electron chi connectivity index (χ3n) is 1.99. The van der Waals surface area contributed by atoms with Crippen molar-refractivity contribution in [2.24, 2.45) is 0 Å². The lowest BCUT2D eigenvalue weighted by Crippen LogP contribution is -2.26. The summed E-state index contributed by atoms with van der Waals surface area (Å²) in [5.41, 5.74) is -1.30. The summed E-state index contributed by atoms with van der Waals surface area (Å²) >= 11 is 0. The Hall–Kier alpha value is -1.79. The second-order valence-corrected chi connectivity index (χ2v) is 3.02. The van der Waals surface area contributed by atoms with Crippen LogP contribution in [-0.4, -0.2) is 19.6 Å². The maximum absolute atomic E-state index is 13.3. The first-order valence-corrected chi connectivity index (χ1v) is 4.63. The molecule has 0 atom stereocenters. The van der Waals surface area contributed by atoms with Gasteiger partial charge in [0.1, 0.15) is 5.56 Å². The molecule has 0 saturated heterocycles. The highest BCUT2D eigenvalue weighted by Gasteiger charge is 2.29. The molecule has 0 unspecified atom stereocenters. The first-order valence-electron chi connectivity index (χ1n) is 4.63. The summed E-state index contributed by atoms with van der Waals surface area (Å²) in [6.45, 7) is 1.55. The van der Waals surface area contributed by atoms with Gasteiger partial charge < -0.3 is 10.1 Å². The van der Waals surface area contributed by atoms with E-state index >= 15 is 0 Å². The van der Waals surface area contributed by atoms with Gasteiger partial charge in [-0.25, -0.2) is 8.78 Å². The molecule has 1 amide bonds. The molecular formula is C10H9F4NO2. The van der Waals surface area contributed by atoms with E-state index in [1.54, 1.807) is 0 Å². The maximum Gasteiger partial charge on any atom is 0.257 e. The molecule has 1 aromatic carbocycles. The minimum absolute atomic E-state index is 0.0625. The van der Waals surface area contributed by atoms with E-state index in [1.807, 2.05) is 5.32 Å². The van der Waals surface area contributed by atoms with Crippen molar-refractivity contribution in [1.29, 1.82) is 0 Å². The zero-order valence-electron chi connectivity index (χ0n) is 9.04. The molecule has 1 N–H and O–H groups in total. The lowest BCUT2D eigenvalue weighted by Gasteiger charge is -2.10. The molecule has 0 radical (unpaired) electrons. The number of rotatable bonds is 3. The summed E-state index contributed by atoms with van der Waals surface area (Å²) in [4.78, 5) is 11.2. The summed E-state index contributed by atoms with van der Waals surface area (Å²) in [5.74, 6) is -9.49. The Morgan fingerprint density at radius 3 is 1.94 bits per heavy atom. The number of carbonyl (C=O) groups is 1. The van der Waals surface area contributed by atoms with Crippen LogP contribution in [0.25, 0.3) is 0 Å². The molecule has 0 spiro atoms. The van der Waals surface area contributed by atoms with Gasteiger partial charge in [-0.2, -0.15) is 8.78 Å². The standard InChI is InChI=1S/C10H9F4NO2/c1-3-15-10(16)4-5(11)7(13)9(17-2)8(14)6(4)12/h3H2,1-2H3,(H,15,16).